The molecule has 3 nitrogen and oxygen atoms in total. The van der Waals surface area contributed by atoms with E-state index in [1.165, 1.54) is 22.6 Å². The van der Waals surface area contributed by atoms with E-state index in [1.807, 2.05) is 6.20 Å². The molecule has 0 atom stereocenters. The number of nitrogens with two attached hydrogens (primary N) is 1. The summed E-state index contributed by atoms with van der Waals surface area (Å²) in [5.74, 6) is 0. The number of ether oxygens (including phenoxy) is 1. The van der Waals surface area contributed by atoms with Gasteiger partial charge in [-0.05, 0) is 6.42 Å². The van der Waals surface area contributed by atoms with E-state index in [2.05, 4.69) is 11.9 Å². The Bertz CT molecular complexity index is 237. The molecule has 0 aliphatic carbocycles. The van der Waals surface area contributed by atoms with Gasteiger partial charge >= 0.3 is 0 Å². The van der Waals surface area contributed by atoms with Crippen LogP contribution in [0.15, 0.2) is 6.20 Å². The lowest BCUT2D eigenvalue weighted by Crippen LogP contribution is -1.98. The van der Waals surface area contributed by atoms with Crippen LogP contribution in [0.4, 0.5) is 5.13 Å². The minimum Gasteiger partial charge on any atom is -0.381 e. The van der Waals surface area contributed by atoms with Crippen LogP contribution in [0, 0.1) is 0 Å². The maximum absolute atomic E-state index is 5.50. The second-order valence-corrected chi connectivity index (χ2v) is 4.03. The molecule has 0 aliphatic heterocycles. The SMILES string of the molecule is CCCCOCCc1cnc(N)s1. The minimum absolute atomic E-state index is 0.642. The number of rotatable bonds is 6. The van der Waals surface area contributed by atoms with Crippen molar-refractivity contribution in [3.63, 3.8) is 0 Å². The van der Waals surface area contributed by atoms with Crippen LogP contribution in [-0.2, 0) is 11.2 Å². The van der Waals surface area contributed by atoms with Crippen molar-refractivity contribution in [3.05, 3.63) is 11.1 Å². The quantitative estimate of drug-likeness (QED) is 0.715. The van der Waals surface area contributed by atoms with Gasteiger partial charge in [0.1, 0.15) is 0 Å². The smallest absolute Gasteiger partial charge is 0.180 e. The van der Waals surface area contributed by atoms with Crippen LogP contribution in [0.25, 0.3) is 0 Å². The van der Waals surface area contributed by atoms with E-state index in [-0.39, 0.29) is 0 Å². The number of hydrogen-bond donors (Lipinski definition) is 1. The average molecular weight is 200 g/mol. The summed E-state index contributed by atoms with van der Waals surface area (Å²) in [6.45, 7) is 3.81. The Morgan fingerprint density at radius 2 is 2.38 bits per heavy atom. The van der Waals surface area contributed by atoms with Gasteiger partial charge in [0.15, 0.2) is 5.13 Å². The van der Waals surface area contributed by atoms with Gasteiger partial charge in [-0.3, -0.25) is 0 Å². The predicted octanol–water partition coefficient (Wildman–Crippen LogP) is 2.08. The molecule has 0 saturated carbocycles. The molecule has 0 aliphatic rings. The molecule has 0 fully saturated rings. The first-order valence-corrected chi connectivity index (χ1v) is 5.42. The predicted molar refractivity (Wildman–Crippen MR) is 56.0 cm³/mol. The first kappa shape index (κ1) is 10.5. The van der Waals surface area contributed by atoms with Crippen molar-refractivity contribution in [2.45, 2.75) is 26.2 Å². The molecule has 0 unspecified atom stereocenters. The summed E-state index contributed by atoms with van der Waals surface area (Å²) in [6, 6.07) is 0. The molecule has 1 aromatic heterocycles. The first-order valence-electron chi connectivity index (χ1n) is 4.61. The molecule has 0 radical (unpaired) electrons. The fourth-order valence-corrected chi connectivity index (χ4v) is 1.62. The van der Waals surface area contributed by atoms with Crippen LogP contribution in [0.2, 0.25) is 0 Å². The van der Waals surface area contributed by atoms with Gasteiger partial charge in [-0.25, -0.2) is 4.98 Å². The van der Waals surface area contributed by atoms with Crippen LogP contribution >= 0.6 is 11.3 Å². The van der Waals surface area contributed by atoms with Gasteiger partial charge in [0, 0.05) is 24.1 Å². The van der Waals surface area contributed by atoms with Crippen LogP contribution in [0.5, 0.6) is 0 Å². The van der Waals surface area contributed by atoms with E-state index < -0.39 is 0 Å². The summed E-state index contributed by atoms with van der Waals surface area (Å²) >= 11 is 1.54. The summed E-state index contributed by atoms with van der Waals surface area (Å²) in [7, 11) is 0. The molecule has 0 spiro atoms. The van der Waals surface area contributed by atoms with Gasteiger partial charge < -0.3 is 10.5 Å². The fourth-order valence-electron chi connectivity index (χ4n) is 0.959. The number of nitrogen functional groups attached to an aromatic ring is 1. The van der Waals surface area contributed by atoms with Crippen molar-refractivity contribution in [2.24, 2.45) is 0 Å². The van der Waals surface area contributed by atoms with E-state index >= 15 is 0 Å². The Morgan fingerprint density at radius 1 is 1.54 bits per heavy atom. The molecule has 74 valence electrons. The van der Waals surface area contributed by atoms with Crippen molar-refractivity contribution >= 4 is 16.5 Å². The third-order valence-corrected chi connectivity index (χ3v) is 2.59. The van der Waals surface area contributed by atoms with E-state index in [1.54, 1.807) is 0 Å². The highest BCUT2D eigenvalue weighted by Crippen LogP contribution is 2.14. The van der Waals surface area contributed by atoms with Gasteiger partial charge in [-0.2, -0.15) is 0 Å². The van der Waals surface area contributed by atoms with Gasteiger partial charge in [0.25, 0.3) is 0 Å². The molecule has 0 bridgehead atoms. The molecular weight excluding hydrogens is 184 g/mol. The molecule has 0 amide bonds. The minimum atomic E-state index is 0.642. The Morgan fingerprint density at radius 3 is 3.00 bits per heavy atom. The second-order valence-electron chi connectivity index (χ2n) is 2.88. The van der Waals surface area contributed by atoms with Gasteiger partial charge in [-0.1, -0.05) is 13.3 Å². The molecule has 1 aromatic rings. The lowest BCUT2D eigenvalue weighted by atomic mass is 10.3. The van der Waals surface area contributed by atoms with E-state index in [0.29, 0.717) is 5.13 Å². The van der Waals surface area contributed by atoms with Crippen molar-refractivity contribution in [3.8, 4) is 0 Å². The number of aromatic nitrogens is 1. The second kappa shape index (κ2) is 5.94. The highest BCUT2D eigenvalue weighted by Gasteiger charge is 1.97. The molecule has 0 saturated heterocycles. The Labute approximate surface area is 82.9 Å². The normalized spacial score (nSPS) is 10.5. The average Bonchev–Trinajstić information content (AvgIpc) is 2.51. The summed E-state index contributed by atoms with van der Waals surface area (Å²) in [4.78, 5) is 5.18. The number of hydrogen-bond acceptors (Lipinski definition) is 4. The molecule has 13 heavy (non-hydrogen) atoms. The zero-order chi connectivity index (χ0) is 9.52. The highest BCUT2D eigenvalue weighted by atomic mass is 32.1. The van der Waals surface area contributed by atoms with Crippen molar-refractivity contribution < 1.29 is 4.74 Å². The van der Waals surface area contributed by atoms with Crippen LogP contribution in [0.3, 0.4) is 0 Å². The number of unbranched alkanes of at least 4 members (excludes halogenated alkanes) is 1. The molecule has 1 rings (SSSR count). The molecule has 0 aromatic carbocycles. The number of nitrogens with zero attached hydrogens (tertiary/aromatic N) is 1. The van der Waals surface area contributed by atoms with E-state index in [9.17, 15) is 0 Å². The van der Waals surface area contributed by atoms with Gasteiger partial charge in [0.05, 0.1) is 6.61 Å². The molecule has 2 N–H and O–H groups in total. The van der Waals surface area contributed by atoms with Crippen molar-refractivity contribution in [1.82, 2.24) is 4.98 Å². The third kappa shape index (κ3) is 4.24. The maximum Gasteiger partial charge on any atom is 0.180 e. The van der Waals surface area contributed by atoms with Gasteiger partial charge in [0.2, 0.25) is 0 Å². The Kier molecular flexibility index (Phi) is 4.78. The Hall–Kier alpha value is -0.610. The highest BCUT2D eigenvalue weighted by molar-refractivity contribution is 7.15. The molecule has 4 heteroatoms. The largest absolute Gasteiger partial charge is 0.381 e. The van der Waals surface area contributed by atoms with Crippen LogP contribution in [0.1, 0.15) is 24.6 Å². The Balaban J connectivity index is 2.06. The zero-order valence-electron chi connectivity index (χ0n) is 7.95. The van der Waals surface area contributed by atoms with Crippen molar-refractivity contribution in [2.75, 3.05) is 18.9 Å². The standard InChI is InChI=1S/C9H16N2OS/c1-2-3-5-12-6-4-8-7-11-9(10)13-8/h7H,2-6H2,1H3,(H2,10,11). The van der Waals surface area contributed by atoms with Gasteiger partial charge in [-0.15, -0.1) is 11.3 Å². The van der Waals surface area contributed by atoms with Crippen molar-refractivity contribution in [1.29, 1.82) is 0 Å². The number of thiazole rings is 1. The topological polar surface area (TPSA) is 48.1 Å². The van der Waals surface area contributed by atoms with Crippen LogP contribution < -0.4 is 5.73 Å². The summed E-state index contributed by atoms with van der Waals surface area (Å²) in [5, 5.41) is 0.642. The zero-order valence-corrected chi connectivity index (χ0v) is 8.77. The molecular formula is C9H16N2OS. The van der Waals surface area contributed by atoms with E-state index in [0.717, 1.165) is 26.1 Å². The third-order valence-electron chi connectivity index (χ3n) is 1.71. The summed E-state index contributed by atoms with van der Waals surface area (Å²) in [5.41, 5.74) is 5.50. The lowest BCUT2D eigenvalue weighted by Gasteiger charge is -2.00. The first-order chi connectivity index (χ1) is 6.33. The summed E-state index contributed by atoms with van der Waals surface area (Å²) in [6.07, 6.45) is 5.08. The fraction of sp³-hybridized carbons (Fsp3) is 0.667. The summed E-state index contributed by atoms with van der Waals surface area (Å²) < 4.78 is 5.43. The lowest BCUT2D eigenvalue weighted by molar-refractivity contribution is 0.134. The monoisotopic (exact) mass is 200 g/mol. The molecule has 1 heterocycles. The number of anilines is 1. The van der Waals surface area contributed by atoms with Crippen LogP contribution in [-0.4, -0.2) is 18.2 Å². The van der Waals surface area contributed by atoms with E-state index in [4.69, 9.17) is 10.5 Å². The maximum atomic E-state index is 5.50.